The molecule has 26 heavy (non-hydrogen) atoms. The fourth-order valence-electron chi connectivity index (χ4n) is 2.58. The highest BCUT2D eigenvalue weighted by atomic mass is 16.7. The fourth-order valence-corrected chi connectivity index (χ4v) is 2.58. The maximum Gasteiger partial charge on any atom is 0.434 e. The maximum absolute atomic E-state index is 12.0. The molecule has 1 aromatic rings. The number of para-hydroxylation sites is 1. The Bertz CT molecular complexity index is 600. The molecule has 0 unspecified atom stereocenters. The monoisotopic (exact) mass is 362 g/mol. The van der Waals surface area contributed by atoms with E-state index in [1.807, 2.05) is 37.3 Å². The number of rotatable bonds is 6. The van der Waals surface area contributed by atoms with E-state index in [9.17, 15) is 14.4 Å². The molecule has 0 spiro atoms. The number of carbonyl (C=O) groups excluding carboxylic acids is 3. The number of hydrogen-bond acceptors (Lipinski definition) is 5. The highest BCUT2D eigenvalue weighted by Crippen LogP contribution is 2.15. The third-order valence-electron chi connectivity index (χ3n) is 4.06. The Morgan fingerprint density at radius 1 is 1.00 bits per heavy atom. The minimum absolute atomic E-state index is 0.0232. The van der Waals surface area contributed by atoms with E-state index in [2.05, 4.69) is 15.7 Å². The van der Waals surface area contributed by atoms with Gasteiger partial charge < -0.3 is 20.0 Å². The third kappa shape index (κ3) is 6.27. The minimum atomic E-state index is -0.582. The summed E-state index contributed by atoms with van der Waals surface area (Å²) < 4.78 is 0. The van der Waals surface area contributed by atoms with Crippen molar-refractivity contribution in [3.8, 4) is 0 Å². The van der Waals surface area contributed by atoms with Gasteiger partial charge in [-0.3, -0.25) is 9.59 Å². The van der Waals surface area contributed by atoms with Gasteiger partial charge >= 0.3 is 6.09 Å². The number of nitrogens with zero attached hydrogens (tertiary/aromatic N) is 2. The van der Waals surface area contributed by atoms with Crippen LogP contribution in [0.5, 0.6) is 0 Å². The summed E-state index contributed by atoms with van der Waals surface area (Å²) in [5, 5.41) is 2.68. The van der Waals surface area contributed by atoms with E-state index in [4.69, 9.17) is 4.84 Å². The average Bonchev–Trinajstić information content (AvgIpc) is 2.69. The topological polar surface area (TPSA) is 91.0 Å². The Morgan fingerprint density at radius 2 is 1.65 bits per heavy atom. The highest BCUT2D eigenvalue weighted by Gasteiger charge is 2.23. The van der Waals surface area contributed by atoms with Crippen molar-refractivity contribution in [1.82, 2.24) is 15.7 Å². The van der Waals surface area contributed by atoms with Crippen LogP contribution in [0.2, 0.25) is 0 Å². The summed E-state index contributed by atoms with van der Waals surface area (Å²) in [6.45, 7) is 4.97. The Morgan fingerprint density at radius 3 is 2.31 bits per heavy atom. The zero-order chi connectivity index (χ0) is 18.8. The van der Waals surface area contributed by atoms with Crippen LogP contribution in [0.15, 0.2) is 30.3 Å². The van der Waals surface area contributed by atoms with Crippen LogP contribution in [0, 0.1) is 0 Å². The molecule has 8 heteroatoms. The Hall–Kier alpha value is -2.77. The van der Waals surface area contributed by atoms with Gasteiger partial charge in [0, 0.05) is 51.3 Å². The molecule has 8 nitrogen and oxygen atoms in total. The predicted molar refractivity (Wildman–Crippen MR) is 97.4 cm³/mol. The second-order valence-corrected chi connectivity index (χ2v) is 6.05. The lowest BCUT2D eigenvalue weighted by Gasteiger charge is -2.35. The van der Waals surface area contributed by atoms with E-state index in [0.717, 1.165) is 12.1 Å². The van der Waals surface area contributed by atoms with Gasteiger partial charge in [-0.2, -0.15) is 5.48 Å². The molecular weight excluding hydrogens is 336 g/mol. The van der Waals surface area contributed by atoms with Crippen molar-refractivity contribution >= 4 is 23.6 Å². The van der Waals surface area contributed by atoms with Gasteiger partial charge in [0.15, 0.2) is 0 Å². The molecule has 142 valence electrons. The molecule has 3 amide bonds. The van der Waals surface area contributed by atoms with Gasteiger partial charge in [0.1, 0.15) is 0 Å². The molecule has 1 fully saturated rings. The van der Waals surface area contributed by atoms with Crippen molar-refractivity contribution in [1.29, 1.82) is 0 Å². The predicted octanol–water partition coefficient (Wildman–Crippen LogP) is 1.28. The standard InChI is InChI=1S/C18H26N4O4/c1-2-10-19-16(23)8-9-17(24)20-26-18(25)22-13-11-21(12-14-22)15-6-4-3-5-7-15/h3-7H,2,8-14H2,1H3,(H,19,23)(H,20,24). The van der Waals surface area contributed by atoms with Crippen molar-refractivity contribution in [2.24, 2.45) is 0 Å². The first-order chi connectivity index (χ1) is 12.6. The molecule has 0 saturated carbocycles. The normalized spacial score (nSPS) is 13.9. The molecule has 0 radical (unpaired) electrons. The summed E-state index contributed by atoms with van der Waals surface area (Å²) in [7, 11) is 0. The van der Waals surface area contributed by atoms with Crippen LogP contribution in [0.1, 0.15) is 26.2 Å². The number of piperazine rings is 1. The molecule has 1 aliphatic rings. The van der Waals surface area contributed by atoms with Crippen LogP contribution >= 0.6 is 0 Å². The number of anilines is 1. The van der Waals surface area contributed by atoms with Crippen molar-refractivity contribution < 1.29 is 19.2 Å². The number of nitrogens with one attached hydrogen (secondary N) is 2. The van der Waals surface area contributed by atoms with Gasteiger partial charge in [-0.25, -0.2) is 4.79 Å². The molecule has 1 aromatic carbocycles. The maximum atomic E-state index is 12.0. The van der Waals surface area contributed by atoms with Crippen molar-refractivity contribution in [2.75, 3.05) is 37.6 Å². The second kappa shape index (κ2) is 10.3. The average molecular weight is 362 g/mol. The molecule has 2 rings (SSSR count). The van der Waals surface area contributed by atoms with Gasteiger partial charge in [0.05, 0.1) is 0 Å². The number of benzene rings is 1. The zero-order valence-corrected chi connectivity index (χ0v) is 15.1. The highest BCUT2D eigenvalue weighted by molar-refractivity contribution is 5.83. The molecule has 0 bridgehead atoms. The van der Waals surface area contributed by atoms with E-state index in [-0.39, 0.29) is 18.7 Å². The van der Waals surface area contributed by atoms with E-state index in [1.54, 1.807) is 4.90 Å². The van der Waals surface area contributed by atoms with Crippen LogP contribution in [-0.4, -0.2) is 55.5 Å². The van der Waals surface area contributed by atoms with Crippen LogP contribution in [-0.2, 0) is 14.4 Å². The summed E-state index contributed by atoms with van der Waals surface area (Å²) in [6.07, 6.45) is 0.304. The molecular formula is C18H26N4O4. The molecule has 2 N–H and O–H groups in total. The lowest BCUT2D eigenvalue weighted by Crippen LogP contribution is -2.50. The minimum Gasteiger partial charge on any atom is -0.368 e. The van der Waals surface area contributed by atoms with E-state index in [1.165, 1.54) is 0 Å². The first-order valence-electron chi connectivity index (χ1n) is 8.91. The number of amides is 3. The molecule has 0 aromatic heterocycles. The summed E-state index contributed by atoms with van der Waals surface area (Å²) in [6, 6.07) is 9.99. The molecule has 0 atom stereocenters. The van der Waals surface area contributed by atoms with Crippen LogP contribution < -0.4 is 15.7 Å². The van der Waals surface area contributed by atoms with E-state index < -0.39 is 12.0 Å². The second-order valence-electron chi connectivity index (χ2n) is 6.05. The van der Waals surface area contributed by atoms with E-state index >= 15 is 0 Å². The summed E-state index contributed by atoms with van der Waals surface area (Å²) >= 11 is 0. The SMILES string of the molecule is CCCNC(=O)CCC(=O)NOC(=O)N1CCN(c2ccccc2)CC1. The Labute approximate surface area is 153 Å². The summed E-state index contributed by atoms with van der Waals surface area (Å²) in [5.41, 5.74) is 3.23. The largest absolute Gasteiger partial charge is 0.434 e. The third-order valence-corrected chi connectivity index (χ3v) is 4.06. The van der Waals surface area contributed by atoms with Crippen molar-refractivity contribution in [3.05, 3.63) is 30.3 Å². The first-order valence-corrected chi connectivity index (χ1v) is 8.91. The van der Waals surface area contributed by atoms with Crippen LogP contribution in [0.4, 0.5) is 10.5 Å². The van der Waals surface area contributed by atoms with Crippen molar-refractivity contribution in [2.45, 2.75) is 26.2 Å². The molecule has 1 heterocycles. The zero-order valence-electron chi connectivity index (χ0n) is 15.1. The van der Waals surface area contributed by atoms with Gasteiger partial charge in [0.25, 0.3) is 5.91 Å². The molecule has 1 saturated heterocycles. The quantitative estimate of drug-likeness (QED) is 0.744. The van der Waals surface area contributed by atoms with Gasteiger partial charge in [-0.1, -0.05) is 25.1 Å². The molecule has 0 aliphatic carbocycles. The van der Waals surface area contributed by atoms with Gasteiger partial charge in [-0.05, 0) is 18.6 Å². The summed E-state index contributed by atoms with van der Waals surface area (Å²) in [4.78, 5) is 43.7. The summed E-state index contributed by atoms with van der Waals surface area (Å²) in [5.74, 6) is -0.682. The fraction of sp³-hybridized carbons (Fsp3) is 0.500. The number of carbonyl (C=O) groups is 3. The Kier molecular flexibility index (Phi) is 7.73. The van der Waals surface area contributed by atoms with Gasteiger partial charge in [-0.15, -0.1) is 0 Å². The number of hydroxylamine groups is 1. The Balaban J connectivity index is 1.64. The lowest BCUT2D eigenvalue weighted by molar-refractivity contribution is -0.132. The van der Waals surface area contributed by atoms with E-state index in [0.29, 0.717) is 32.7 Å². The molecule has 1 aliphatic heterocycles. The first kappa shape index (κ1) is 19.6. The van der Waals surface area contributed by atoms with Crippen LogP contribution in [0.3, 0.4) is 0 Å². The lowest BCUT2D eigenvalue weighted by atomic mass is 10.2. The van der Waals surface area contributed by atoms with Gasteiger partial charge in [0.2, 0.25) is 5.91 Å². The van der Waals surface area contributed by atoms with Crippen LogP contribution in [0.25, 0.3) is 0 Å². The smallest absolute Gasteiger partial charge is 0.368 e. The van der Waals surface area contributed by atoms with Crippen molar-refractivity contribution in [3.63, 3.8) is 0 Å². The number of hydrogen-bond donors (Lipinski definition) is 2.